The number of rotatable bonds is 2. The molecule has 0 aliphatic carbocycles. The third-order valence-corrected chi connectivity index (χ3v) is 2.40. The van der Waals surface area contributed by atoms with Crippen LogP contribution >= 0.6 is 0 Å². The molecular weight excluding hydrogens is 142 g/mol. The number of carbonyl (C=O) groups is 1. The zero-order chi connectivity index (χ0) is 8.43. The van der Waals surface area contributed by atoms with Crippen molar-refractivity contribution < 1.29 is 4.79 Å². The van der Waals surface area contributed by atoms with Crippen LogP contribution in [0.1, 0.15) is 6.92 Å². The second-order valence-corrected chi connectivity index (χ2v) is 3.22. The lowest BCUT2D eigenvalue weighted by molar-refractivity contribution is 0.0966. The smallest absolute Gasteiger partial charge is 0.314 e. The van der Waals surface area contributed by atoms with Crippen molar-refractivity contribution in [3.05, 3.63) is 0 Å². The molecule has 4 nitrogen and oxygen atoms in total. The van der Waals surface area contributed by atoms with E-state index in [2.05, 4.69) is 6.92 Å². The van der Waals surface area contributed by atoms with E-state index in [-0.39, 0.29) is 6.03 Å². The Balaban J connectivity index is 2.23. The van der Waals surface area contributed by atoms with Gasteiger partial charge in [0.25, 0.3) is 0 Å². The highest BCUT2D eigenvalue weighted by molar-refractivity contribution is 5.72. The van der Waals surface area contributed by atoms with Crippen LogP contribution in [-0.4, -0.2) is 30.6 Å². The standard InChI is InChI=1S/C7H15N3O/c1-5(2-8)6-3-10(4-6)7(9)11/h5-6H,2-4,8H2,1H3,(H2,9,11). The van der Waals surface area contributed by atoms with Crippen LogP contribution in [0.25, 0.3) is 0 Å². The van der Waals surface area contributed by atoms with Crippen LogP contribution in [0.2, 0.25) is 0 Å². The normalized spacial score (nSPS) is 21.1. The predicted molar refractivity (Wildman–Crippen MR) is 42.9 cm³/mol. The number of hydrogen-bond donors (Lipinski definition) is 2. The van der Waals surface area contributed by atoms with E-state index in [1.807, 2.05) is 0 Å². The van der Waals surface area contributed by atoms with Gasteiger partial charge in [-0.1, -0.05) is 6.92 Å². The summed E-state index contributed by atoms with van der Waals surface area (Å²) in [6.45, 7) is 4.36. The van der Waals surface area contributed by atoms with Gasteiger partial charge in [0.15, 0.2) is 0 Å². The minimum absolute atomic E-state index is 0.314. The topological polar surface area (TPSA) is 72.3 Å². The third-order valence-electron chi connectivity index (χ3n) is 2.40. The number of nitrogens with zero attached hydrogens (tertiary/aromatic N) is 1. The molecule has 1 rings (SSSR count). The Hall–Kier alpha value is -0.770. The van der Waals surface area contributed by atoms with E-state index in [4.69, 9.17) is 11.5 Å². The molecule has 2 amide bonds. The molecule has 64 valence electrons. The molecule has 0 radical (unpaired) electrons. The van der Waals surface area contributed by atoms with Crippen LogP contribution in [0.5, 0.6) is 0 Å². The van der Waals surface area contributed by atoms with Crippen molar-refractivity contribution in [2.75, 3.05) is 19.6 Å². The fourth-order valence-electron chi connectivity index (χ4n) is 1.24. The average Bonchev–Trinajstić information content (AvgIpc) is 1.83. The van der Waals surface area contributed by atoms with Crippen LogP contribution in [0.4, 0.5) is 4.79 Å². The van der Waals surface area contributed by atoms with Crippen molar-refractivity contribution >= 4 is 6.03 Å². The molecule has 1 saturated heterocycles. The molecule has 0 spiro atoms. The van der Waals surface area contributed by atoms with Crippen molar-refractivity contribution in [2.24, 2.45) is 23.3 Å². The van der Waals surface area contributed by atoms with E-state index in [0.29, 0.717) is 18.4 Å². The zero-order valence-electron chi connectivity index (χ0n) is 6.79. The summed E-state index contributed by atoms with van der Waals surface area (Å²) in [6.07, 6.45) is 0. The van der Waals surface area contributed by atoms with Crippen molar-refractivity contribution in [1.82, 2.24) is 4.90 Å². The van der Waals surface area contributed by atoms with Crippen molar-refractivity contribution in [1.29, 1.82) is 0 Å². The monoisotopic (exact) mass is 157 g/mol. The molecule has 0 saturated carbocycles. The van der Waals surface area contributed by atoms with Crippen molar-refractivity contribution in [3.8, 4) is 0 Å². The molecule has 0 aromatic carbocycles. The first kappa shape index (κ1) is 8.33. The molecule has 4 N–H and O–H groups in total. The Bertz CT molecular complexity index is 154. The van der Waals surface area contributed by atoms with Crippen LogP contribution in [0.15, 0.2) is 0 Å². The Morgan fingerprint density at radius 1 is 1.73 bits per heavy atom. The molecule has 1 aliphatic heterocycles. The summed E-state index contributed by atoms with van der Waals surface area (Å²) in [4.78, 5) is 12.2. The number of urea groups is 1. The molecule has 1 fully saturated rings. The van der Waals surface area contributed by atoms with E-state index in [0.717, 1.165) is 13.1 Å². The SMILES string of the molecule is CC(CN)C1CN(C(N)=O)C1. The maximum atomic E-state index is 10.6. The number of nitrogens with two attached hydrogens (primary N) is 2. The lowest BCUT2D eigenvalue weighted by atomic mass is 9.87. The summed E-state index contributed by atoms with van der Waals surface area (Å²) < 4.78 is 0. The Labute approximate surface area is 66.5 Å². The van der Waals surface area contributed by atoms with Gasteiger partial charge in [-0.05, 0) is 18.4 Å². The first-order chi connectivity index (χ1) is 5.15. The first-order valence-electron chi connectivity index (χ1n) is 3.89. The van der Waals surface area contributed by atoms with Gasteiger partial charge in [0, 0.05) is 13.1 Å². The molecule has 1 unspecified atom stereocenters. The molecule has 1 atom stereocenters. The number of carbonyl (C=O) groups excluding carboxylic acids is 1. The fraction of sp³-hybridized carbons (Fsp3) is 0.857. The molecule has 0 aromatic heterocycles. The van der Waals surface area contributed by atoms with Gasteiger partial charge in [-0.2, -0.15) is 0 Å². The number of hydrogen-bond acceptors (Lipinski definition) is 2. The fourth-order valence-corrected chi connectivity index (χ4v) is 1.24. The van der Waals surface area contributed by atoms with Crippen LogP contribution < -0.4 is 11.5 Å². The van der Waals surface area contributed by atoms with E-state index in [1.165, 1.54) is 0 Å². The van der Waals surface area contributed by atoms with E-state index in [1.54, 1.807) is 4.90 Å². The summed E-state index contributed by atoms with van der Waals surface area (Å²) in [5.74, 6) is 1.07. The molecule has 1 aliphatic rings. The Morgan fingerprint density at radius 2 is 2.27 bits per heavy atom. The minimum atomic E-state index is -0.314. The summed E-state index contributed by atoms with van der Waals surface area (Å²) in [6, 6.07) is -0.314. The quantitative estimate of drug-likeness (QED) is 0.572. The molecule has 0 aromatic rings. The number of likely N-dealkylation sites (tertiary alicyclic amines) is 1. The third kappa shape index (κ3) is 1.63. The molecule has 0 bridgehead atoms. The Morgan fingerprint density at radius 3 is 2.64 bits per heavy atom. The van der Waals surface area contributed by atoms with Gasteiger partial charge >= 0.3 is 6.03 Å². The highest BCUT2D eigenvalue weighted by Gasteiger charge is 2.32. The van der Waals surface area contributed by atoms with Crippen molar-refractivity contribution in [2.45, 2.75) is 6.92 Å². The van der Waals surface area contributed by atoms with Gasteiger partial charge in [0.05, 0.1) is 0 Å². The highest BCUT2D eigenvalue weighted by Crippen LogP contribution is 2.22. The summed E-state index contributed by atoms with van der Waals surface area (Å²) >= 11 is 0. The predicted octanol–water partition coefficient (Wildman–Crippen LogP) is -0.408. The van der Waals surface area contributed by atoms with Gasteiger partial charge < -0.3 is 16.4 Å². The van der Waals surface area contributed by atoms with E-state index in [9.17, 15) is 4.79 Å². The maximum Gasteiger partial charge on any atom is 0.314 e. The number of primary amides is 1. The molecular formula is C7H15N3O. The largest absolute Gasteiger partial charge is 0.351 e. The minimum Gasteiger partial charge on any atom is -0.351 e. The zero-order valence-corrected chi connectivity index (χ0v) is 6.79. The Kier molecular flexibility index (Phi) is 2.34. The van der Waals surface area contributed by atoms with Crippen LogP contribution in [0, 0.1) is 11.8 Å². The van der Waals surface area contributed by atoms with Crippen LogP contribution in [-0.2, 0) is 0 Å². The van der Waals surface area contributed by atoms with Gasteiger partial charge in [-0.25, -0.2) is 4.79 Å². The number of amides is 2. The first-order valence-corrected chi connectivity index (χ1v) is 3.89. The summed E-state index contributed by atoms with van der Waals surface area (Å²) in [5.41, 5.74) is 10.5. The van der Waals surface area contributed by atoms with Crippen molar-refractivity contribution in [3.63, 3.8) is 0 Å². The van der Waals surface area contributed by atoms with E-state index < -0.39 is 0 Å². The van der Waals surface area contributed by atoms with Gasteiger partial charge in [-0.3, -0.25) is 0 Å². The van der Waals surface area contributed by atoms with Crippen LogP contribution in [0.3, 0.4) is 0 Å². The lowest BCUT2D eigenvalue weighted by Gasteiger charge is -2.41. The lowest BCUT2D eigenvalue weighted by Crippen LogP contribution is -2.55. The van der Waals surface area contributed by atoms with Gasteiger partial charge in [0.1, 0.15) is 0 Å². The van der Waals surface area contributed by atoms with Gasteiger partial charge in [-0.15, -0.1) is 0 Å². The molecule has 4 heteroatoms. The van der Waals surface area contributed by atoms with E-state index >= 15 is 0 Å². The van der Waals surface area contributed by atoms with Gasteiger partial charge in [0.2, 0.25) is 0 Å². The second-order valence-electron chi connectivity index (χ2n) is 3.22. The summed E-state index contributed by atoms with van der Waals surface area (Å²) in [7, 11) is 0. The maximum absolute atomic E-state index is 10.6. The summed E-state index contributed by atoms with van der Waals surface area (Å²) in [5, 5.41) is 0. The average molecular weight is 157 g/mol. The highest BCUT2D eigenvalue weighted by atomic mass is 16.2. The molecule has 1 heterocycles. The molecule has 11 heavy (non-hydrogen) atoms. The second kappa shape index (κ2) is 3.09.